The summed E-state index contributed by atoms with van der Waals surface area (Å²) in [4.78, 5) is 24.8. The minimum atomic E-state index is -0.951. The molecular weight excluding hydrogens is 334 g/mol. The molecule has 0 aliphatic carbocycles. The van der Waals surface area contributed by atoms with E-state index < -0.39 is 12.0 Å². The number of nitrogens with zero attached hydrogens (tertiary/aromatic N) is 3. The van der Waals surface area contributed by atoms with E-state index in [-0.39, 0.29) is 24.1 Å². The maximum atomic E-state index is 12.2. The number of carbonyl (C=O) groups excluding carboxylic acids is 1. The van der Waals surface area contributed by atoms with Gasteiger partial charge in [-0.05, 0) is 31.2 Å². The zero-order valence-corrected chi connectivity index (χ0v) is 14.1. The Labute approximate surface area is 150 Å². The van der Waals surface area contributed by atoms with Crippen molar-refractivity contribution in [1.29, 1.82) is 0 Å². The number of aromatic hydroxyl groups is 1. The molecule has 26 heavy (non-hydrogen) atoms. The molecule has 0 bridgehead atoms. The Kier molecular flexibility index (Phi) is 5.38. The molecule has 1 N–H and O–H groups in total. The van der Waals surface area contributed by atoms with Gasteiger partial charge in [-0.3, -0.25) is 9.98 Å². The third kappa shape index (κ3) is 3.94. The molecule has 0 aliphatic rings. The number of aromatic nitrogens is 2. The fourth-order valence-electron chi connectivity index (χ4n) is 2.27. The largest absolute Gasteiger partial charge is 0.479 e. The van der Waals surface area contributed by atoms with Crippen molar-refractivity contribution in [1.82, 2.24) is 9.97 Å². The van der Waals surface area contributed by atoms with Crippen molar-refractivity contribution in [2.24, 2.45) is 4.99 Å². The van der Waals surface area contributed by atoms with Crippen molar-refractivity contribution in [2.45, 2.75) is 13.0 Å². The Bertz CT molecular complexity index is 892. The normalized spacial score (nSPS) is 12.2. The third-order valence-electron chi connectivity index (χ3n) is 3.48. The van der Waals surface area contributed by atoms with Crippen LogP contribution in [0.25, 0.3) is 11.5 Å². The first-order chi connectivity index (χ1) is 12.7. The topological polar surface area (TPSA) is 97.8 Å². The fraction of sp³-hybridized carbons (Fsp3) is 0.158. The number of pyridine rings is 1. The molecule has 0 aliphatic heterocycles. The number of rotatable bonds is 6. The van der Waals surface area contributed by atoms with Crippen LogP contribution < -0.4 is 0 Å². The Morgan fingerprint density at radius 1 is 1.27 bits per heavy atom. The second-order valence-corrected chi connectivity index (χ2v) is 5.26. The standard InChI is InChI=1S/C19H17N3O4/c1-2-25-19(24)16(14-10-6-7-11-20-14)21-12-15-18(23)26-17(22-15)13-8-4-3-5-9-13/h3-12,16,23H,2H2,1H3. The first kappa shape index (κ1) is 17.3. The average molecular weight is 351 g/mol. The monoisotopic (exact) mass is 351 g/mol. The van der Waals surface area contributed by atoms with Gasteiger partial charge in [-0.25, -0.2) is 9.78 Å². The van der Waals surface area contributed by atoms with E-state index in [1.165, 1.54) is 6.21 Å². The molecule has 0 fully saturated rings. The van der Waals surface area contributed by atoms with E-state index >= 15 is 0 Å². The van der Waals surface area contributed by atoms with Crippen LogP contribution in [0.15, 0.2) is 64.1 Å². The van der Waals surface area contributed by atoms with Crippen LogP contribution in [0.5, 0.6) is 5.95 Å². The Hall–Kier alpha value is -3.48. The highest BCUT2D eigenvalue weighted by molar-refractivity contribution is 5.85. The van der Waals surface area contributed by atoms with Gasteiger partial charge in [0.15, 0.2) is 11.7 Å². The highest BCUT2D eigenvalue weighted by Gasteiger charge is 2.22. The van der Waals surface area contributed by atoms with Gasteiger partial charge < -0.3 is 14.3 Å². The maximum absolute atomic E-state index is 12.2. The highest BCUT2D eigenvalue weighted by atomic mass is 16.5. The number of hydrogen-bond acceptors (Lipinski definition) is 7. The lowest BCUT2D eigenvalue weighted by atomic mass is 10.2. The summed E-state index contributed by atoms with van der Waals surface area (Å²) in [6.45, 7) is 1.94. The van der Waals surface area contributed by atoms with Crippen molar-refractivity contribution in [2.75, 3.05) is 6.61 Å². The van der Waals surface area contributed by atoms with Gasteiger partial charge in [0.05, 0.1) is 18.5 Å². The van der Waals surface area contributed by atoms with Crippen LogP contribution in [-0.2, 0) is 9.53 Å². The van der Waals surface area contributed by atoms with E-state index in [0.29, 0.717) is 11.3 Å². The molecule has 2 heterocycles. The van der Waals surface area contributed by atoms with Crippen LogP contribution in [-0.4, -0.2) is 33.9 Å². The SMILES string of the molecule is CCOC(=O)C(N=Cc1nc(-c2ccccc2)oc1O)c1ccccn1. The van der Waals surface area contributed by atoms with Crippen LogP contribution in [0.4, 0.5) is 0 Å². The van der Waals surface area contributed by atoms with Gasteiger partial charge in [-0.1, -0.05) is 24.3 Å². The van der Waals surface area contributed by atoms with Crippen molar-refractivity contribution >= 4 is 12.2 Å². The third-order valence-corrected chi connectivity index (χ3v) is 3.48. The lowest BCUT2D eigenvalue weighted by Gasteiger charge is -2.10. The fourth-order valence-corrected chi connectivity index (χ4v) is 2.27. The molecule has 0 saturated heterocycles. The first-order valence-electron chi connectivity index (χ1n) is 8.05. The number of hydrogen-bond donors (Lipinski definition) is 1. The molecule has 1 aromatic carbocycles. The first-order valence-corrected chi connectivity index (χ1v) is 8.05. The van der Waals surface area contributed by atoms with E-state index in [0.717, 1.165) is 0 Å². The summed E-state index contributed by atoms with van der Waals surface area (Å²) in [7, 11) is 0. The van der Waals surface area contributed by atoms with Crippen LogP contribution in [0, 0.1) is 0 Å². The van der Waals surface area contributed by atoms with Crippen molar-refractivity contribution < 1.29 is 19.1 Å². The molecule has 2 aromatic heterocycles. The molecular formula is C19H17N3O4. The number of oxazole rings is 1. The minimum absolute atomic E-state index is 0.120. The number of ether oxygens (including phenoxy) is 1. The van der Waals surface area contributed by atoms with Gasteiger partial charge in [0.2, 0.25) is 5.89 Å². The quantitative estimate of drug-likeness (QED) is 0.541. The second-order valence-electron chi connectivity index (χ2n) is 5.26. The average Bonchev–Trinajstić information content (AvgIpc) is 3.05. The van der Waals surface area contributed by atoms with E-state index in [2.05, 4.69) is 15.0 Å². The van der Waals surface area contributed by atoms with E-state index in [1.54, 1.807) is 31.3 Å². The molecule has 0 radical (unpaired) electrons. The van der Waals surface area contributed by atoms with Gasteiger partial charge >= 0.3 is 11.9 Å². The van der Waals surface area contributed by atoms with Gasteiger partial charge in [0, 0.05) is 11.8 Å². The molecule has 1 atom stereocenters. The number of carbonyl (C=O) groups is 1. The van der Waals surface area contributed by atoms with E-state index in [4.69, 9.17) is 9.15 Å². The molecule has 1 unspecified atom stereocenters. The summed E-state index contributed by atoms with van der Waals surface area (Å²) in [6.07, 6.45) is 2.85. The molecule has 0 amide bonds. The van der Waals surface area contributed by atoms with Crippen LogP contribution in [0.1, 0.15) is 24.4 Å². The number of benzene rings is 1. The highest BCUT2D eigenvalue weighted by Crippen LogP contribution is 2.26. The summed E-state index contributed by atoms with van der Waals surface area (Å²) in [5, 5.41) is 9.97. The van der Waals surface area contributed by atoms with E-state index in [9.17, 15) is 9.90 Å². The molecule has 3 aromatic rings. The van der Waals surface area contributed by atoms with Crippen molar-refractivity contribution in [3.63, 3.8) is 0 Å². The van der Waals surface area contributed by atoms with Crippen LogP contribution in [0.2, 0.25) is 0 Å². The predicted molar refractivity (Wildman–Crippen MR) is 94.8 cm³/mol. The molecule has 132 valence electrons. The summed E-state index contributed by atoms with van der Waals surface area (Å²) in [5.41, 5.74) is 1.27. The predicted octanol–water partition coefficient (Wildman–Crippen LogP) is 3.17. The van der Waals surface area contributed by atoms with Crippen LogP contribution >= 0.6 is 0 Å². The number of aliphatic imine (C=N–C) groups is 1. The number of esters is 1. The second kappa shape index (κ2) is 8.06. The zero-order valence-electron chi connectivity index (χ0n) is 14.1. The summed E-state index contributed by atoms with van der Waals surface area (Å²) in [5.74, 6) is -0.653. The minimum Gasteiger partial charge on any atom is -0.479 e. The Morgan fingerprint density at radius 3 is 2.73 bits per heavy atom. The van der Waals surface area contributed by atoms with Gasteiger partial charge in [-0.2, -0.15) is 0 Å². The van der Waals surface area contributed by atoms with Gasteiger partial charge in [-0.15, -0.1) is 0 Å². The van der Waals surface area contributed by atoms with Crippen LogP contribution in [0.3, 0.4) is 0 Å². The lowest BCUT2D eigenvalue weighted by molar-refractivity contribution is -0.144. The summed E-state index contributed by atoms with van der Waals surface area (Å²) in [6, 6.07) is 13.4. The summed E-state index contributed by atoms with van der Waals surface area (Å²) >= 11 is 0. The summed E-state index contributed by atoms with van der Waals surface area (Å²) < 4.78 is 10.3. The van der Waals surface area contributed by atoms with Crippen molar-refractivity contribution in [3.05, 3.63) is 66.1 Å². The maximum Gasteiger partial charge on any atom is 0.337 e. The smallest absolute Gasteiger partial charge is 0.337 e. The van der Waals surface area contributed by atoms with Gasteiger partial charge in [0.25, 0.3) is 0 Å². The molecule has 7 nitrogen and oxygen atoms in total. The van der Waals surface area contributed by atoms with Gasteiger partial charge in [0.1, 0.15) is 0 Å². The Morgan fingerprint density at radius 2 is 2.04 bits per heavy atom. The molecule has 3 rings (SSSR count). The Balaban J connectivity index is 1.88. The lowest BCUT2D eigenvalue weighted by Crippen LogP contribution is -2.15. The van der Waals surface area contributed by atoms with E-state index in [1.807, 2.05) is 30.3 Å². The zero-order chi connectivity index (χ0) is 18.4. The molecule has 0 spiro atoms. The van der Waals surface area contributed by atoms with Crippen molar-refractivity contribution in [3.8, 4) is 17.4 Å². The molecule has 0 saturated carbocycles. The molecule has 7 heteroatoms.